The van der Waals surface area contributed by atoms with E-state index >= 15 is 0 Å². The molecule has 0 aromatic heterocycles. The molecule has 0 aromatic carbocycles. The van der Waals surface area contributed by atoms with Gasteiger partial charge in [0.15, 0.2) is 0 Å². The van der Waals surface area contributed by atoms with Crippen LogP contribution >= 0.6 is 0 Å². The smallest absolute Gasteiger partial charge is 0.335 e. The Morgan fingerprint density at radius 3 is 2.71 bits per heavy atom. The molecule has 0 radical (unpaired) electrons. The van der Waals surface area contributed by atoms with Gasteiger partial charge in [-0.2, -0.15) is 0 Å². The number of carboxylic acids is 1. The average Bonchev–Trinajstić information content (AvgIpc) is 2.19. The lowest BCUT2D eigenvalue weighted by Gasteiger charge is -2.36. The molecule has 3 nitrogen and oxygen atoms in total. The molecule has 0 saturated heterocycles. The van der Waals surface area contributed by atoms with Gasteiger partial charge in [-0.05, 0) is 18.9 Å². The Kier molecular flexibility index (Phi) is 2.32. The molecule has 2 aliphatic rings. The van der Waals surface area contributed by atoms with Crippen molar-refractivity contribution in [3.05, 3.63) is 24.2 Å². The van der Waals surface area contributed by atoms with Gasteiger partial charge in [-0.1, -0.05) is 19.3 Å². The van der Waals surface area contributed by atoms with Crippen molar-refractivity contribution in [3.63, 3.8) is 0 Å². The summed E-state index contributed by atoms with van der Waals surface area (Å²) in [6.45, 7) is 0. The van der Waals surface area contributed by atoms with Crippen LogP contribution in [-0.2, 0) is 9.53 Å². The van der Waals surface area contributed by atoms with Gasteiger partial charge in [0.05, 0.1) is 11.8 Å². The van der Waals surface area contributed by atoms with Crippen LogP contribution in [0.25, 0.3) is 0 Å². The second kappa shape index (κ2) is 3.48. The molecule has 1 heterocycles. The summed E-state index contributed by atoms with van der Waals surface area (Å²) in [7, 11) is 0. The van der Waals surface area contributed by atoms with Crippen molar-refractivity contribution >= 4 is 5.97 Å². The summed E-state index contributed by atoms with van der Waals surface area (Å²) in [6, 6.07) is 0. The van der Waals surface area contributed by atoms with E-state index in [9.17, 15) is 4.79 Å². The summed E-state index contributed by atoms with van der Waals surface area (Å²) in [5.41, 5.74) is 0.169. The first-order valence-electron chi connectivity index (χ1n) is 5.02. The first kappa shape index (κ1) is 9.31. The van der Waals surface area contributed by atoms with E-state index in [2.05, 4.69) is 0 Å². The molecule has 1 N–H and O–H groups in total. The van der Waals surface area contributed by atoms with Gasteiger partial charge in [0.1, 0.15) is 6.26 Å². The van der Waals surface area contributed by atoms with Crippen molar-refractivity contribution < 1.29 is 14.6 Å². The minimum absolute atomic E-state index is 0.248. The van der Waals surface area contributed by atoms with Crippen molar-refractivity contribution in [1.82, 2.24) is 0 Å². The van der Waals surface area contributed by atoms with Gasteiger partial charge in [-0.15, -0.1) is 0 Å². The molecule has 1 spiro atoms. The standard InChI is InChI=1S/C11H14O3/c12-10(13)9-8-14-7-6-11(9)4-2-1-3-5-11/h6-8H,1-5H2,(H,12,13). The number of allylic oxidation sites excluding steroid dienone is 1. The van der Waals surface area contributed by atoms with Crippen LogP contribution in [0.2, 0.25) is 0 Å². The molecule has 0 bridgehead atoms. The molecule has 3 heteroatoms. The van der Waals surface area contributed by atoms with Crippen molar-refractivity contribution in [3.8, 4) is 0 Å². The highest BCUT2D eigenvalue weighted by atomic mass is 16.5. The zero-order chi connectivity index (χ0) is 10.0. The Balaban J connectivity index is 2.29. The van der Waals surface area contributed by atoms with Gasteiger partial charge >= 0.3 is 5.97 Å². The van der Waals surface area contributed by atoms with E-state index in [-0.39, 0.29) is 5.41 Å². The van der Waals surface area contributed by atoms with E-state index in [4.69, 9.17) is 9.84 Å². The van der Waals surface area contributed by atoms with Crippen LogP contribution in [0.15, 0.2) is 24.2 Å². The molecular weight excluding hydrogens is 180 g/mol. The lowest BCUT2D eigenvalue weighted by atomic mass is 9.69. The number of ether oxygens (including phenoxy) is 1. The largest absolute Gasteiger partial charge is 0.478 e. The van der Waals surface area contributed by atoms with Crippen LogP contribution in [-0.4, -0.2) is 11.1 Å². The van der Waals surface area contributed by atoms with Crippen LogP contribution in [0.5, 0.6) is 0 Å². The van der Waals surface area contributed by atoms with E-state index in [0.717, 1.165) is 25.7 Å². The minimum Gasteiger partial charge on any atom is -0.478 e. The fraction of sp³-hybridized carbons (Fsp3) is 0.545. The van der Waals surface area contributed by atoms with Crippen molar-refractivity contribution in [2.75, 3.05) is 0 Å². The number of rotatable bonds is 1. The molecule has 2 rings (SSSR count). The zero-order valence-electron chi connectivity index (χ0n) is 8.03. The summed E-state index contributed by atoms with van der Waals surface area (Å²) in [5, 5.41) is 9.07. The molecule has 1 aliphatic carbocycles. The summed E-state index contributed by atoms with van der Waals surface area (Å²) in [6.07, 6.45) is 10.2. The Labute approximate surface area is 83.1 Å². The van der Waals surface area contributed by atoms with Gasteiger partial charge in [0, 0.05) is 5.41 Å². The van der Waals surface area contributed by atoms with Crippen molar-refractivity contribution in [2.24, 2.45) is 5.41 Å². The molecule has 1 fully saturated rings. The van der Waals surface area contributed by atoms with Crippen LogP contribution in [0.3, 0.4) is 0 Å². The maximum Gasteiger partial charge on any atom is 0.335 e. The van der Waals surface area contributed by atoms with Gasteiger partial charge in [-0.3, -0.25) is 0 Å². The molecule has 76 valence electrons. The van der Waals surface area contributed by atoms with E-state index in [1.807, 2.05) is 6.08 Å². The lowest BCUT2D eigenvalue weighted by Crippen LogP contribution is -2.30. The Bertz CT molecular complexity index is 296. The number of carbonyl (C=O) groups is 1. The van der Waals surface area contributed by atoms with Gasteiger partial charge < -0.3 is 9.84 Å². The van der Waals surface area contributed by atoms with Gasteiger partial charge in [-0.25, -0.2) is 4.79 Å². The monoisotopic (exact) mass is 194 g/mol. The number of carboxylic acid groups (broad SMARTS) is 1. The molecule has 0 aromatic rings. The molecule has 0 amide bonds. The maximum atomic E-state index is 11.0. The first-order chi connectivity index (χ1) is 6.75. The normalized spacial score (nSPS) is 24.1. The highest BCUT2D eigenvalue weighted by Crippen LogP contribution is 2.45. The molecule has 0 unspecified atom stereocenters. The number of hydrogen-bond acceptors (Lipinski definition) is 2. The topological polar surface area (TPSA) is 46.5 Å². The molecule has 1 aliphatic heterocycles. The fourth-order valence-corrected chi connectivity index (χ4v) is 2.37. The summed E-state index contributed by atoms with van der Waals surface area (Å²) < 4.78 is 4.95. The molecule has 14 heavy (non-hydrogen) atoms. The van der Waals surface area contributed by atoms with E-state index in [0.29, 0.717) is 5.57 Å². The predicted octanol–water partition coefficient (Wildman–Crippen LogP) is 2.45. The van der Waals surface area contributed by atoms with Crippen LogP contribution in [0, 0.1) is 5.41 Å². The Hall–Kier alpha value is -1.25. The minimum atomic E-state index is -0.851. The highest BCUT2D eigenvalue weighted by molar-refractivity contribution is 5.88. The fourth-order valence-electron chi connectivity index (χ4n) is 2.37. The van der Waals surface area contributed by atoms with E-state index < -0.39 is 5.97 Å². The SMILES string of the molecule is O=C(O)C1=COC=CC12CCCCC2. The van der Waals surface area contributed by atoms with Crippen LogP contribution < -0.4 is 0 Å². The summed E-state index contributed by atoms with van der Waals surface area (Å²) >= 11 is 0. The quantitative estimate of drug-likeness (QED) is 0.697. The maximum absolute atomic E-state index is 11.0. The summed E-state index contributed by atoms with van der Waals surface area (Å²) in [5.74, 6) is -0.851. The Morgan fingerprint density at radius 2 is 2.07 bits per heavy atom. The second-order valence-corrected chi connectivity index (χ2v) is 3.99. The first-order valence-corrected chi connectivity index (χ1v) is 5.02. The highest BCUT2D eigenvalue weighted by Gasteiger charge is 2.38. The second-order valence-electron chi connectivity index (χ2n) is 3.99. The third kappa shape index (κ3) is 1.43. The third-order valence-electron chi connectivity index (χ3n) is 3.16. The van der Waals surface area contributed by atoms with Gasteiger partial charge in [0.2, 0.25) is 0 Å². The van der Waals surface area contributed by atoms with Crippen LogP contribution in [0.1, 0.15) is 32.1 Å². The predicted molar refractivity (Wildman–Crippen MR) is 51.5 cm³/mol. The average molecular weight is 194 g/mol. The number of hydrogen-bond donors (Lipinski definition) is 1. The molecule has 1 saturated carbocycles. The van der Waals surface area contributed by atoms with E-state index in [1.165, 1.54) is 12.7 Å². The van der Waals surface area contributed by atoms with Crippen molar-refractivity contribution in [2.45, 2.75) is 32.1 Å². The lowest BCUT2D eigenvalue weighted by molar-refractivity contribution is -0.134. The Morgan fingerprint density at radius 1 is 1.36 bits per heavy atom. The number of aliphatic carboxylic acids is 1. The molecular formula is C11H14O3. The van der Waals surface area contributed by atoms with Crippen LogP contribution in [0.4, 0.5) is 0 Å². The molecule has 0 atom stereocenters. The van der Waals surface area contributed by atoms with E-state index in [1.54, 1.807) is 6.26 Å². The summed E-state index contributed by atoms with van der Waals surface area (Å²) in [4.78, 5) is 11.0. The van der Waals surface area contributed by atoms with Gasteiger partial charge in [0.25, 0.3) is 0 Å². The van der Waals surface area contributed by atoms with Crippen molar-refractivity contribution in [1.29, 1.82) is 0 Å². The third-order valence-corrected chi connectivity index (χ3v) is 3.16. The zero-order valence-corrected chi connectivity index (χ0v) is 8.03.